The second-order valence-corrected chi connectivity index (χ2v) is 6.11. The third-order valence-electron chi connectivity index (χ3n) is 4.12. The van der Waals surface area contributed by atoms with Gasteiger partial charge in [0.2, 0.25) is 0 Å². The maximum Gasteiger partial charge on any atom is 0.126 e. The summed E-state index contributed by atoms with van der Waals surface area (Å²) in [4.78, 5) is 4.52. The number of rotatable bonds is 5. The third-order valence-corrected chi connectivity index (χ3v) is 4.45. The van der Waals surface area contributed by atoms with E-state index < -0.39 is 0 Å². The van der Waals surface area contributed by atoms with Crippen molar-refractivity contribution < 1.29 is 4.74 Å². The Morgan fingerprint density at radius 1 is 1.17 bits per heavy atom. The number of benzene rings is 2. The predicted octanol–water partition coefficient (Wildman–Crippen LogP) is 3.99. The SMILES string of the molecule is COc1ccc(C[C@H](N)c2ncc(-c3ccccc3Cl)n2C)cc1. The average molecular weight is 342 g/mol. The van der Waals surface area contributed by atoms with Crippen LogP contribution in [0.3, 0.4) is 0 Å². The van der Waals surface area contributed by atoms with E-state index in [4.69, 9.17) is 22.1 Å². The molecule has 24 heavy (non-hydrogen) atoms. The van der Waals surface area contributed by atoms with Crippen LogP contribution in [0, 0.1) is 0 Å². The fourth-order valence-corrected chi connectivity index (χ4v) is 3.03. The number of methoxy groups -OCH3 is 1. The smallest absolute Gasteiger partial charge is 0.126 e. The van der Waals surface area contributed by atoms with E-state index in [9.17, 15) is 0 Å². The minimum atomic E-state index is -0.195. The van der Waals surface area contributed by atoms with Crippen LogP contribution in [0.15, 0.2) is 54.7 Å². The minimum absolute atomic E-state index is 0.195. The fraction of sp³-hybridized carbons (Fsp3) is 0.211. The lowest BCUT2D eigenvalue weighted by Crippen LogP contribution is -2.18. The van der Waals surface area contributed by atoms with Gasteiger partial charge in [-0.25, -0.2) is 4.98 Å². The number of hydrogen-bond acceptors (Lipinski definition) is 3. The van der Waals surface area contributed by atoms with Crippen molar-refractivity contribution in [2.24, 2.45) is 12.8 Å². The zero-order valence-corrected chi connectivity index (χ0v) is 14.5. The molecule has 0 aliphatic carbocycles. The molecule has 3 rings (SSSR count). The van der Waals surface area contributed by atoms with Crippen molar-refractivity contribution in [3.05, 3.63) is 71.1 Å². The molecule has 1 atom stereocenters. The molecule has 0 bridgehead atoms. The molecular weight excluding hydrogens is 322 g/mol. The number of nitrogens with zero attached hydrogens (tertiary/aromatic N) is 2. The van der Waals surface area contributed by atoms with Crippen molar-refractivity contribution in [3.8, 4) is 17.0 Å². The van der Waals surface area contributed by atoms with Crippen molar-refractivity contribution in [1.82, 2.24) is 9.55 Å². The lowest BCUT2D eigenvalue weighted by Gasteiger charge is -2.14. The number of ether oxygens (including phenoxy) is 1. The van der Waals surface area contributed by atoms with Gasteiger partial charge in [0.05, 0.1) is 25.0 Å². The van der Waals surface area contributed by atoms with E-state index in [1.807, 2.05) is 66.3 Å². The van der Waals surface area contributed by atoms with Gasteiger partial charge in [0.25, 0.3) is 0 Å². The first-order chi connectivity index (χ1) is 11.6. The Morgan fingerprint density at radius 3 is 2.54 bits per heavy atom. The summed E-state index contributed by atoms with van der Waals surface area (Å²) in [6.45, 7) is 0. The quantitative estimate of drug-likeness (QED) is 0.763. The predicted molar refractivity (Wildman–Crippen MR) is 97.3 cm³/mol. The topological polar surface area (TPSA) is 53.1 Å². The number of imidazole rings is 1. The Kier molecular flexibility index (Phi) is 4.88. The molecule has 0 aliphatic rings. The molecule has 3 aromatic rings. The molecule has 1 aromatic heterocycles. The maximum atomic E-state index is 6.38. The van der Waals surface area contributed by atoms with E-state index in [-0.39, 0.29) is 6.04 Å². The van der Waals surface area contributed by atoms with Crippen molar-refractivity contribution in [3.63, 3.8) is 0 Å². The standard InChI is InChI=1S/C19H20ClN3O/c1-23-18(15-5-3-4-6-16(15)20)12-22-19(23)17(21)11-13-7-9-14(24-2)10-8-13/h3-10,12,17H,11,21H2,1-2H3/t17-/m0/s1. The molecule has 5 heteroatoms. The van der Waals surface area contributed by atoms with Gasteiger partial charge >= 0.3 is 0 Å². The van der Waals surface area contributed by atoms with Crippen LogP contribution in [-0.4, -0.2) is 16.7 Å². The zero-order chi connectivity index (χ0) is 17.1. The van der Waals surface area contributed by atoms with Crippen molar-refractivity contribution >= 4 is 11.6 Å². The Bertz CT molecular complexity index is 827. The van der Waals surface area contributed by atoms with Crippen molar-refractivity contribution in [2.45, 2.75) is 12.5 Å². The highest BCUT2D eigenvalue weighted by molar-refractivity contribution is 6.33. The molecule has 0 radical (unpaired) electrons. The average Bonchev–Trinajstić information content (AvgIpc) is 2.97. The van der Waals surface area contributed by atoms with Gasteiger partial charge in [-0.1, -0.05) is 41.9 Å². The van der Waals surface area contributed by atoms with Crippen LogP contribution in [0.25, 0.3) is 11.3 Å². The molecule has 0 fully saturated rings. The fourth-order valence-electron chi connectivity index (χ4n) is 2.79. The Hall–Kier alpha value is -2.30. The zero-order valence-electron chi connectivity index (χ0n) is 13.7. The van der Waals surface area contributed by atoms with E-state index >= 15 is 0 Å². The lowest BCUT2D eigenvalue weighted by atomic mass is 10.1. The number of aromatic nitrogens is 2. The van der Waals surface area contributed by atoms with E-state index in [0.29, 0.717) is 11.4 Å². The van der Waals surface area contributed by atoms with Gasteiger partial charge in [0, 0.05) is 17.6 Å². The maximum absolute atomic E-state index is 6.38. The van der Waals surface area contributed by atoms with Gasteiger partial charge < -0.3 is 15.0 Å². The van der Waals surface area contributed by atoms with Crippen LogP contribution in [0.4, 0.5) is 0 Å². The second kappa shape index (κ2) is 7.07. The third kappa shape index (κ3) is 3.30. The number of nitrogens with two attached hydrogens (primary N) is 1. The van der Waals surface area contributed by atoms with Crippen LogP contribution < -0.4 is 10.5 Å². The van der Waals surface area contributed by atoms with Crippen molar-refractivity contribution in [2.75, 3.05) is 7.11 Å². The summed E-state index contributed by atoms with van der Waals surface area (Å²) in [6.07, 6.45) is 2.53. The van der Waals surface area contributed by atoms with Crippen LogP contribution in [0.5, 0.6) is 5.75 Å². The minimum Gasteiger partial charge on any atom is -0.497 e. The molecule has 0 aliphatic heterocycles. The Morgan fingerprint density at radius 2 is 1.88 bits per heavy atom. The molecule has 0 amide bonds. The molecule has 0 spiro atoms. The monoisotopic (exact) mass is 341 g/mol. The van der Waals surface area contributed by atoms with Gasteiger partial charge in [0.15, 0.2) is 0 Å². The van der Waals surface area contributed by atoms with Gasteiger partial charge in [0.1, 0.15) is 11.6 Å². The van der Waals surface area contributed by atoms with Crippen LogP contribution in [-0.2, 0) is 13.5 Å². The van der Waals surface area contributed by atoms with E-state index in [1.165, 1.54) is 0 Å². The summed E-state index contributed by atoms with van der Waals surface area (Å²) in [5, 5.41) is 0.704. The van der Waals surface area contributed by atoms with Gasteiger partial charge in [-0.05, 0) is 30.2 Å². The van der Waals surface area contributed by atoms with Crippen LogP contribution >= 0.6 is 11.6 Å². The van der Waals surface area contributed by atoms with Gasteiger partial charge in [-0.15, -0.1) is 0 Å². The molecule has 0 saturated heterocycles. The van der Waals surface area contributed by atoms with Crippen LogP contribution in [0.1, 0.15) is 17.4 Å². The molecule has 1 heterocycles. The molecule has 2 aromatic carbocycles. The Labute approximate surface area is 146 Å². The second-order valence-electron chi connectivity index (χ2n) is 5.70. The van der Waals surface area contributed by atoms with Gasteiger partial charge in [-0.3, -0.25) is 0 Å². The first-order valence-electron chi connectivity index (χ1n) is 7.75. The summed E-state index contributed by atoms with van der Waals surface area (Å²) in [6, 6.07) is 15.5. The number of halogens is 1. The molecule has 0 unspecified atom stereocenters. The van der Waals surface area contributed by atoms with E-state index in [2.05, 4.69) is 4.98 Å². The summed E-state index contributed by atoms with van der Waals surface area (Å²) in [5.41, 5.74) is 9.44. The van der Waals surface area contributed by atoms with E-state index in [1.54, 1.807) is 7.11 Å². The first kappa shape index (κ1) is 16.6. The highest BCUT2D eigenvalue weighted by atomic mass is 35.5. The van der Waals surface area contributed by atoms with Crippen LogP contribution in [0.2, 0.25) is 5.02 Å². The lowest BCUT2D eigenvalue weighted by molar-refractivity contribution is 0.414. The molecule has 0 saturated carbocycles. The normalized spacial score (nSPS) is 12.2. The molecule has 2 N–H and O–H groups in total. The molecular formula is C19H20ClN3O. The summed E-state index contributed by atoms with van der Waals surface area (Å²) in [5.74, 6) is 1.67. The highest BCUT2D eigenvalue weighted by Gasteiger charge is 2.17. The first-order valence-corrected chi connectivity index (χ1v) is 8.13. The summed E-state index contributed by atoms with van der Waals surface area (Å²) >= 11 is 6.29. The highest BCUT2D eigenvalue weighted by Crippen LogP contribution is 2.29. The molecule has 4 nitrogen and oxygen atoms in total. The van der Waals surface area contributed by atoms with Gasteiger partial charge in [-0.2, -0.15) is 0 Å². The van der Waals surface area contributed by atoms with Crippen molar-refractivity contribution in [1.29, 1.82) is 0 Å². The largest absolute Gasteiger partial charge is 0.497 e. The van der Waals surface area contributed by atoms with E-state index in [0.717, 1.165) is 28.4 Å². The Balaban J connectivity index is 1.83. The number of hydrogen-bond donors (Lipinski definition) is 1. The summed E-state index contributed by atoms with van der Waals surface area (Å²) in [7, 11) is 3.62. The summed E-state index contributed by atoms with van der Waals surface area (Å²) < 4.78 is 7.19. The molecule has 124 valence electrons.